The Hall–Kier alpha value is -2.68. The maximum Gasteiger partial charge on any atom is 0.187 e. The first-order valence-electron chi connectivity index (χ1n) is 7.48. The number of nitrogens with zero attached hydrogens (tertiary/aromatic N) is 2. The van der Waals surface area contributed by atoms with Crippen LogP contribution >= 0.6 is 11.6 Å². The lowest BCUT2D eigenvalue weighted by molar-refractivity contribution is -0.127. The second-order valence-electron chi connectivity index (χ2n) is 5.17. The molecule has 0 amide bonds. The van der Waals surface area contributed by atoms with Crippen molar-refractivity contribution >= 4 is 23.6 Å². The van der Waals surface area contributed by atoms with Crippen LogP contribution < -0.4 is 4.74 Å². The molecule has 0 aliphatic rings. The molecule has 128 valence electrons. The molecule has 0 spiro atoms. The quantitative estimate of drug-likeness (QED) is 0.710. The number of ether oxygens (including phenoxy) is 2. The number of Topliss-reactive ketones (excluding diaryl/α,β-unsaturated/α-hetero) is 1. The van der Waals surface area contributed by atoms with E-state index in [-0.39, 0.29) is 12.3 Å². The number of carbonyl (C=O) groups excluding carboxylic acids is 1. The van der Waals surface area contributed by atoms with Crippen molar-refractivity contribution in [3.05, 3.63) is 64.2 Å². The largest absolute Gasteiger partial charge is 0.495 e. The maximum absolute atomic E-state index is 12.3. The van der Waals surface area contributed by atoms with Crippen LogP contribution in [0.3, 0.4) is 0 Å². The maximum atomic E-state index is 12.3. The van der Waals surface area contributed by atoms with Crippen LogP contribution in [0.4, 0.5) is 0 Å². The van der Waals surface area contributed by atoms with E-state index < -0.39 is 6.10 Å². The van der Waals surface area contributed by atoms with Crippen LogP contribution in [0.2, 0.25) is 5.02 Å². The topological polar surface area (TPSA) is 71.7 Å². The average molecular weight is 357 g/mol. The zero-order valence-corrected chi connectivity index (χ0v) is 14.7. The Bertz CT molecular complexity index is 810. The number of hydrogen-bond acceptors (Lipinski definition) is 5. The molecule has 0 fully saturated rings. The molecule has 0 aliphatic carbocycles. The molecular formula is C19H17ClN2O3. The second kappa shape index (κ2) is 8.97. The molecule has 0 N–H and O–H groups in total. The third-order valence-electron chi connectivity index (χ3n) is 3.53. The molecule has 1 atom stereocenters. The molecule has 5 nitrogen and oxygen atoms in total. The summed E-state index contributed by atoms with van der Waals surface area (Å²) in [6.45, 7) is -0.0244. The van der Waals surface area contributed by atoms with Gasteiger partial charge in [0.25, 0.3) is 0 Å². The van der Waals surface area contributed by atoms with Crippen molar-refractivity contribution in [2.24, 2.45) is 4.99 Å². The van der Waals surface area contributed by atoms with E-state index in [9.17, 15) is 4.79 Å². The Morgan fingerprint density at radius 3 is 2.60 bits per heavy atom. The van der Waals surface area contributed by atoms with E-state index in [1.807, 2.05) is 6.07 Å². The van der Waals surface area contributed by atoms with Gasteiger partial charge in [0.15, 0.2) is 5.78 Å². The number of carbonyl (C=O) groups is 1. The van der Waals surface area contributed by atoms with E-state index in [0.29, 0.717) is 16.3 Å². The lowest BCUT2D eigenvalue weighted by Gasteiger charge is -2.13. The zero-order chi connectivity index (χ0) is 18.2. The fraction of sp³-hybridized carbons (Fsp3) is 0.211. The van der Waals surface area contributed by atoms with E-state index in [1.165, 1.54) is 14.2 Å². The minimum Gasteiger partial charge on any atom is -0.495 e. The summed E-state index contributed by atoms with van der Waals surface area (Å²) in [5, 5.41) is 9.57. The standard InChI is InChI=1S/C19H17ClN2O3/c1-24-18-9-13(3-4-15(18)10-21)11-22-12-17(23)19(25-2)14-5-7-16(20)8-6-14/h3-9,11,19H,12H2,1-2H3. The molecule has 0 saturated heterocycles. The molecule has 0 aliphatic heterocycles. The molecular weight excluding hydrogens is 340 g/mol. The van der Waals surface area contributed by atoms with Crippen LogP contribution in [0.15, 0.2) is 47.5 Å². The fourth-order valence-corrected chi connectivity index (χ4v) is 2.42. The van der Waals surface area contributed by atoms with Gasteiger partial charge in [-0.25, -0.2) is 0 Å². The third-order valence-corrected chi connectivity index (χ3v) is 3.79. The summed E-state index contributed by atoms with van der Waals surface area (Å²) in [5.41, 5.74) is 1.91. The van der Waals surface area contributed by atoms with Crippen LogP contribution in [0.5, 0.6) is 5.75 Å². The lowest BCUT2D eigenvalue weighted by atomic mass is 10.1. The molecule has 0 radical (unpaired) electrons. The molecule has 2 rings (SSSR count). The highest BCUT2D eigenvalue weighted by molar-refractivity contribution is 6.30. The predicted molar refractivity (Wildman–Crippen MR) is 96.4 cm³/mol. The first kappa shape index (κ1) is 18.7. The molecule has 0 heterocycles. The molecule has 2 aromatic carbocycles. The highest BCUT2D eigenvalue weighted by atomic mass is 35.5. The monoisotopic (exact) mass is 356 g/mol. The Labute approximate surface area is 151 Å². The molecule has 0 bridgehead atoms. The van der Waals surface area contributed by atoms with Crippen molar-refractivity contribution in [3.8, 4) is 11.8 Å². The van der Waals surface area contributed by atoms with Gasteiger partial charge in [0, 0.05) is 18.3 Å². The molecule has 25 heavy (non-hydrogen) atoms. The summed E-state index contributed by atoms with van der Waals surface area (Å²) >= 11 is 5.86. The smallest absolute Gasteiger partial charge is 0.187 e. The molecule has 1 unspecified atom stereocenters. The van der Waals surface area contributed by atoms with Crippen molar-refractivity contribution in [2.45, 2.75) is 6.10 Å². The third kappa shape index (κ3) is 4.90. The first-order valence-corrected chi connectivity index (χ1v) is 7.85. The van der Waals surface area contributed by atoms with E-state index in [0.717, 1.165) is 11.1 Å². The Kier molecular flexibility index (Phi) is 6.70. The minimum atomic E-state index is -0.690. The van der Waals surface area contributed by atoms with E-state index in [2.05, 4.69) is 4.99 Å². The summed E-state index contributed by atoms with van der Waals surface area (Å²) in [6.07, 6.45) is 0.876. The van der Waals surface area contributed by atoms with Gasteiger partial charge in [0.2, 0.25) is 0 Å². The SMILES string of the molecule is COc1cc(C=NCC(=O)C(OC)c2ccc(Cl)cc2)ccc1C#N. The van der Waals surface area contributed by atoms with Gasteiger partial charge in [-0.1, -0.05) is 29.8 Å². The first-order chi connectivity index (χ1) is 12.1. The van der Waals surface area contributed by atoms with Gasteiger partial charge >= 0.3 is 0 Å². The summed E-state index contributed by atoms with van der Waals surface area (Å²) < 4.78 is 10.4. The van der Waals surface area contributed by atoms with Crippen molar-refractivity contribution in [1.29, 1.82) is 5.26 Å². The molecule has 0 saturated carbocycles. The molecule has 6 heteroatoms. The Morgan fingerprint density at radius 1 is 1.28 bits per heavy atom. The van der Waals surface area contributed by atoms with Crippen LogP contribution in [0.25, 0.3) is 0 Å². The number of hydrogen-bond donors (Lipinski definition) is 0. The van der Waals surface area contributed by atoms with Crippen molar-refractivity contribution < 1.29 is 14.3 Å². The van der Waals surface area contributed by atoms with Gasteiger partial charge in [-0.3, -0.25) is 9.79 Å². The summed E-state index contributed by atoms with van der Waals surface area (Å²) in [4.78, 5) is 16.5. The number of benzene rings is 2. The summed E-state index contributed by atoms with van der Waals surface area (Å²) in [5.74, 6) is 0.301. The van der Waals surface area contributed by atoms with E-state index >= 15 is 0 Å². The van der Waals surface area contributed by atoms with Crippen LogP contribution in [-0.2, 0) is 9.53 Å². The van der Waals surface area contributed by atoms with Gasteiger partial charge in [-0.15, -0.1) is 0 Å². The number of halogens is 1. The molecule has 0 aromatic heterocycles. The summed E-state index contributed by atoms with van der Waals surface area (Å²) in [7, 11) is 2.97. The van der Waals surface area contributed by atoms with Crippen LogP contribution in [0.1, 0.15) is 22.8 Å². The van der Waals surface area contributed by atoms with Gasteiger partial charge in [-0.2, -0.15) is 5.26 Å². The lowest BCUT2D eigenvalue weighted by Crippen LogP contribution is -2.17. The van der Waals surface area contributed by atoms with Gasteiger partial charge in [0.05, 0.1) is 12.7 Å². The van der Waals surface area contributed by atoms with Gasteiger partial charge < -0.3 is 9.47 Å². The number of nitriles is 1. The highest BCUT2D eigenvalue weighted by Gasteiger charge is 2.19. The number of aliphatic imine (C=N–C) groups is 1. The number of methoxy groups -OCH3 is 2. The van der Waals surface area contributed by atoms with Crippen LogP contribution in [0, 0.1) is 11.3 Å². The van der Waals surface area contributed by atoms with Crippen molar-refractivity contribution in [2.75, 3.05) is 20.8 Å². The fourth-order valence-electron chi connectivity index (χ4n) is 2.30. The number of rotatable bonds is 7. The minimum absolute atomic E-state index is 0.0244. The average Bonchev–Trinajstić information content (AvgIpc) is 2.63. The molecule has 2 aromatic rings. The predicted octanol–water partition coefficient (Wildman–Crippen LogP) is 3.60. The normalized spacial score (nSPS) is 11.9. The zero-order valence-electron chi connectivity index (χ0n) is 13.9. The Balaban J connectivity index is 2.06. The van der Waals surface area contributed by atoms with Crippen LogP contribution in [-0.4, -0.2) is 32.8 Å². The van der Waals surface area contributed by atoms with Gasteiger partial charge in [-0.05, 0) is 35.4 Å². The van der Waals surface area contributed by atoms with Crippen molar-refractivity contribution in [3.63, 3.8) is 0 Å². The van der Waals surface area contributed by atoms with E-state index in [1.54, 1.807) is 48.7 Å². The second-order valence-corrected chi connectivity index (χ2v) is 5.61. The van der Waals surface area contributed by atoms with E-state index in [4.69, 9.17) is 26.3 Å². The number of ketones is 1. The highest BCUT2D eigenvalue weighted by Crippen LogP contribution is 2.21. The van der Waals surface area contributed by atoms with Gasteiger partial charge in [0.1, 0.15) is 24.5 Å². The Morgan fingerprint density at radius 2 is 2.00 bits per heavy atom. The van der Waals surface area contributed by atoms with Crippen molar-refractivity contribution in [1.82, 2.24) is 0 Å². The summed E-state index contributed by atoms with van der Waals surface area (Å²) in [6, 6.07) is 14.1.